The van der Waals surface area contributed by atoms with Gasteiger partial charge in [0, 0.05) is 66.9 Å². The molecule has 3 nitrogen and oxygen atoms in total. The van der Waals surface area contributed by atoms with Gasteiger partial charge in [0.05, 0.1) is 0 Å². The molecule has 0 radical (unpaired) electrons. The zero-order chi connectivity index (χ0) is 8.27. The normalized spacial score (nSPS) is 28.2. The maximum absolute atomic E-state index is 5.46. The van der Waals surface area contributed by atoms with E-state index >= 15 is 0 Å². The fourth-order valence-electron chi connectivity index (χ4n) is 1.15. The summed E-state index contributed by atoms with van der Waals surface area (Å²) < 4.78 is 2.21. The second kappa shape index (κ2) is 4.06. The Bertz CT molecular complexity index is 198. The Morgan fingerprint density at radius 3 is 3.00 bits per heavy atom. The summed E-state index contributed by atoms with van der Waals surface area (Å²) in [7, 11) is 1.82. The van der Waals surface area contributed by atoms with Crippen molar-refractivity contribution in [2.75, 3.05) is 20.1 Å². The highest BCUT2D eigenvalue weighted by molar-refractivity contribution is 14.1. The number of nitrogens with zero attached hydrogens (tertiary/aromatic N) is 2. The highest BCUT2D eigenvalue weighted by Crippen LogP contribution is 2.15. The molecule has 2 N–H and O–H groups in total. The first kappa shape index (κ1) is 8.99. The van der Waals surface area contributed by atoms with Crippen molar-refractivity contribution in [2.24, 2.45) is 10.7 Å². The van der Waals surface area contributed by atoms with Crippen LogP contribution >= 0.6 is 22.9 Å². The first-order valence-electron chi connectivity index (χ1n) is 3.55. The average molecular weight is 265 g/mol. The van der Waals surface area contributed by atoms with Crippen LogP contribution in [-0.4, -0.2) is 29.0 Å². The third-order valence-corrected chi connectivity index (χ3v) is 2.60. The quantitative estimate of drug-likeness (QED) is 0.523. The molecule has 4 heteroatoms. The maximum Gasteiger partial charge on any atom is 0.0417 e. The van der Waals surface area contributed by atoms with Crippen molar-refractivity contribution in [3.05, 3.63) is 11.8 Å². The van der Waals surface area contributed by atoms with Crippen LogP contribution in [0.5, 0.6) is 0 Å². The van der Waals surface area contributed by atoms with E-state index in [1.54, 1.807) is 6.20 Å². The number of hydrogen-bond acceptors (Lipinski definition) is 3. The van der Waals surface area contributed by atoms with Crippen LogP contribution in [0.4, 0.5) is 0 Å². The summed E-state index contributed by atoms with van der Waals surface area (Å²) in [4.78, 5) is 4.17. The van der Waals surface area contributed by atoms with Crippen LogP contribution < -0.4 is 5.73 Å². The lowest BCUT2D eigenvalue weighted by Crippen LogP contribution is -2.29. The maximum atomic E-state index is 5.46. The Labute approximate surface area is 80.8 Å². The average Bonchev–Trinajstić information content (AvgIpc) is 2.04. The Morgan fingerprint density at radius 2 is 2.45 bits per heavy atom. The number of nitrogens with two attached hydrogens (primary N) is 1. The third-order valence-electron chi connectivity index (χ3n) is 1.77. The fraction of sp³-hybridized carbons (Fsp3) is 0.571. The number of rotatable bonds is 0. The molecule has 0 bridgehead atoms. The second-order valence-corrected chi connectivity index (χ2v) is 3.82. The Hall–Kier alpha value is -0.100. The van der Waals surface area contributed by atoms with E-state index in [0.717, 1.165) is 30.8 Å². The summed E-state index contributed by atoms with van der Waals surface area (Å²) in [5.41, 5.74) is 7.77. The van der Waals surface area contributed by atoms with E-state index in [4.69, 9.17) is 5.73 Å². The Balaban J connectivity index is 2.72. The SMILES string of the molecule is CN=C1CCN(I)CC1=CN. The van der Waals surface area contributed by atoms with Crippen LogP contribution in [0.1, 0.15) is 6.42 Å². The van der Waals surface area contributed by atoms with E-state index in [0.29, 0.717) is 0 Å². The summed E-state index contributed by atoms with van der Waals surface area (Å²) in [5, 5.41) is 0. The summed E-state index contributed by atoms with van der Waals surface area (Å²) >= 11 is 2.30. The smallest absolute Gasteiger partial charge is 0.0417 e. The van der Waals surface area contributed by atoms with E-state index in [-0.39, 0.29) is 0 Å². The minimum absolute atomic E-state index is 0.920. The summed E-state index contributed by atoms with van der Waals surface area (Å²) in [6.45, 7) is 1.99. The third kappa shape index (κ3) is 2.16. The molecule has 0 unspecified atom stereocenters. The van der Waals surface area contributed by atoms with Gasteiger partial charge >= 0.3 is 0 Å². The number of piperidine rings is 1. The minimum Gasteiger partial charge on any atom is -0.404 e. The molecule has 1 aliphatic rings. The van der Waals surface area contributed by atoms with Gasteiger partial charge in [-0.3, -0.25) is 4.99 Å². The van der Waals surface area contributed by atoms with Gasteiger partial charge in [0.15, 0.2) is 0 Å². The lowest BCUT2D eigenvalue weighted by atomic mass is 10.1. The van der Waals surface area contributed by atoms with Crippen molar-refractivity contribution in [3.8, 4) is 0 Å². The molecule has 1 heterocycles. The molecule has 1 saturated heterocycles. The van der Waals surface area contributed by atoms with Crippen molar-refractivity contribution in [2.45, 2.75) is 6.42 Å². The number of aliphatic imine (C=N–C) groups is 1. The highest BCUT2D eigenvalue weighted by atomic mass is 127. The van der Waals surface area contributed by atoms with Gasteiger partial charge < -0.3 is 5.73 Å². The van der Waals surface area contributed by atoms with Gasteiger partial charge in [0.2, 0.25) is 0 Å². The van der Waals surface area contributed by atoms with Crippen molar-refractivity contribution in [1.82, 2.24) is 3.11 Å². The van der Waals surface area contributed by atoms with E-state index in [1.807, 2.05) is 7.05 Å². The summed E-state index contributed by atoms with van der Waals surface area (Å²) in [6, 6.07) is 0. The standard InChI is InChI=1S/C7H12IN3/c1-10-7-2-3-11(8)5-6(7)4-9/h4H,2-3,5,9H2,1H3. The zero-order valence-corrected chi connectivity index (χ0v) is 8.71. The van der Waals surface area contributed by atoms with E-state index < -0.39 is 0 Å². The summed E-state index contributed by atoms with van der Waals surface area (Å²) in [6.07, 6.45) is 2.68. The van der Waals surface area contributed by atoms with Gasteiger partial charge in [0.1, 0.15) is 0 Å². The lowest BCUT2D eigenvalue weighted by Gasteiger charge is -2.23. The van der Waals surface area contributed by atoms with E-state index in [2.05, 4.69) is 31.0 Å². The van der Waals surface area contributed by atoms with Crippen LogP contribution in [0.15, 0.2) is 16.8 Å². The molecular weight excluding hydrogens is 253 g/mol. The van der Waals surface area contributed by atoms with Gasteiger partial charge in [-0.2, -0.15) is 0 Å². The van der Waals surface area contributed by atoms with Gasteiger partial charge in [-0.25, -0.2) is 3.11 Å². The molecular formula is C7H12IN3. The lowest BCUT2D eigenvalue weighted by molar-refractivity contribution is 0.549. The van der Waals surface area contributed by atoms with Crippen molar-refractivity contribution in [1.29, 1.82) is 0 Å². The van der Waals surface area contributed by atoms with Gasteiger partial charge in [-0.1, -0.05) is 0 Å². The molecule has 0 saturated carbocycles. The zero-order valence-electron chi connectivity index (χ0n) is 6.55. The van der Waals surface area contributed by atoms with Crippen LogP contribution in [0.2, 0.25) is 0 Å². The van der Waals surface area contributed by atoms with Crippen molar-refractivity contribution in [3.63, 3.8) is 0 Å². The topological polar surface area (TPSA) is 41.6 Å². The van der Waals surface area contributed by atoms with Crippen molar-refractivity contribution >= 4 is 28.6 Å². The van der Waals surface area contributed by atoms with Gasteiger partial charge in [-0.05, 0) is 0 Å². The van der Waals surface area contributed by atoms with E-state index in [1.165, 1.54) is 0 Å². The van der Waals surface area contributed by atoms with Crippen LogP contribution in [0, 0.1) is 0 Å². The molecule has 0 aromatic rings. The fourth-order valence-corrected chi connectivity index (χ4v) is 1.76. The number of halogens is 1. The molecule has 0 aromatic heterocycles. The Kier molecular flexibility index (Phi) is 3.32. The molecule has 0 aromatic carbocycles. The number of hydrogen-bond donors (Lipinski definition) is 1. The van der Waals surface area contributed by atoms with Crippen LogP contribution in [0.3, 0.4) is 0 Å². The monoisotopic (exact) mass is 265 g/mol. The second-order valence-electron chi connectivity index (χ2n) is 2.46. The van der Waals surface area contributed by atoms with Gasteiger partial charge in [-0.15, -0.1) is 0 Å². The predicted octanol–water partition coefficient (Wildman–Crippen LogP) is 0.956. The molecule has 0 aliphatic carbocycles. The Morgan fingerprint density at radius 1 is 1.73 bits per heavy atom. The molecule has 1 aliphatic heterocycles. The summed E-state index contributed by atoms with van der Waals surface area (Å²) in [5.74, 6) is 0. The van der Waals surface area contributed by atoms with Crippen molar-refractivity contribution < 1.29 is 0 Å². The highest BCUT2D eigenvalue weighted by Gasteiger charge is 2.16. The van der Waals surface area contributed by atoms with Gasteiger partial charge in [0.25, 0.3) is 0 Å². The largest absolute Gasteiger partial charge is 0.404 e. The molecule has 1 rings (SSSR count). The molecule has 11 heavy (non-hydrogen) atoms. The molecule has 0 atom stereocenters. The van der Waals surface area contributed by atoms with E-state index in [9.17, 15) is 0 Å². The first-order chi connectivity index (χ1) is 5.27. The molecule has 62 valence electrons. The molecule has 0 spiro atoms. The van der Waals surface area contributed by atoms with Crippen LogP contribution in [-0.2, 0) is 0 Å². The molecule has 1 fully saturated rings. The van der Waals surface area contributed by atoms with Crippen LogP contribution in [0.25, 0.3) is 0 Å². The minimum atomic E-state index is 0.920. The molecule has 0 amide bonds. The predicted molar refractivity (Wildman–Crippen MR) is 55.8 cm³/mol. The first-order valence-corrected chi connectivity index (χ1v) is 4.52.